The van der Waals surface area contributed by atoms with Crippen LogP contribution in [0.1, 0.15) is 31.7 Å². The number of nitrogens with one attached hydrogen (secondary N) is 1. The Morgan fingerprint density at radius 3 is 3.05 bits per heavy atom. The third-order valence-electron chi connectivity index (χ3n) is 3.46. The van der Waals surface area contributed by atoms with Gasteiger partial charge in [0.15, 0.2) is 6.10 Å². The summed E-state index contributed by atoms with van der Waals surface area (Å²) in [5.74, 6) is 0.675. The molecule has 2 rings (SSSR count). The van der Waals surface area contributed by atoms with Crippen molar-refractivity contribution in [1.82, 2.24) is 5.32 Å². The fourth-order valence-electron chi connectivity index (χ4n) is 2.31. The molecule has 0 aliphatic carbocycles. The number of benzene rings is 1. The van der Waals surface area contributed by atoms with Crippen LogP contribution >= 0.6 is 0 Å². The molecule has 0 aromatic heterocycles. The lowest BCUT2D eigenvalue weighted by Crippen LogP contribution is -2.41. The molecule has 2 atom stereocenters. The van der Waals surface area contributed by atoms with Gasteiger partial charge in [0.2, 0.25) is 0 Å². The van der Waals surface area contributed by atoms with E-state index in [0.717, 1.165) is 30.8 Å². The second-order valence-electron chi connectivity index (χ2n) is 5.21. The molecule has 0 saturated carbocycles. The zero-order valence-corrected chi connectivity index (χ0v) is 12.2. The largest absolute Gasteiger partial charge is 0.481 e. The van der Waals surface area contributed by atoms with Crippen LogP contribution in [-0.2, 0) is 9.53 Å². The highest BCUT2D eigenvalue weighted by Gasteiger charge is 2.21. The molecule has 1 amide bonds. The average Bonchev–Trinajstić information content (AvgIpc) is 2.95. The number of ether oxygens (including phenoxy) is 2. The van der Waals surface area contributed by atoms with E-state index in [1.165, 1.54) is 0 Å². The molecule has 0 unspecified atom stereocenters. The normalized spacial score (nSPS) is 19.6. The highest BCUT2D eigenvalue weighted by atomic mass is 16.5. The van der Waals surface area contributed by atoms with E-state index < -0.39 is 6.10 Å². The van der Waals surface area contributed by atoms with Crippen molar-refractivity contribution in [3.05, 3.63) is 29.8 Å². The second kappa shape index (κ2) is 7.29. The summed E-state index contributed by atoms with van der Waals surface area (Å²) in [6, 6.07) is 7.76. The van der Waals surface area contributed by atoms with Crippen LogP contribution in [0, 0.1) is 6.92 Å². The molecule has 4 heteroatoms. The van der Waals surface area contributed by atoms with Gasteiger partial charge in [0.1, 0.15) is 5.75 Å². The molecule has 1 N–H and O–H groups in total. The second-order valence-corrected chi connectivity index (χ2v) is 5.21. The van der Waals surface area contributed by atoms with Gasteiger partial charge in [-0.15, -0.1) is 0 Å². The van der Waals surface area contributed by atoms with Gasteiger partial charge in [-0.1, -0.05) is 19.1 Å². The van der Waals surface area contributed by atoms with Crippen molar-refractivity contribution in [3.8, 4) is 5.75 Å². The number of carbonyl (C=O) groups is 1. The molecule has 110 valence electrons. The molecular formula is C16H23NO3. The number of hydrogen-bond donors (Lipinski definition) is 1. The molecule has 1 saturated heterocycles. The van der Waals surface area contributed by atoms with Crippen molar-refractivity contribution in [1.29, 1.82) is 0 Å². The monoisotopic (exact) mass is 277 g/mol. The van der Waals surface area contributed by atoms with Crippen molar-refractivity contribution in [3.63, 3.8) is 0 Å². The molecule has 0 bridgehead atoms. The van der Waals surface area contributed by atoms with Crippen LogP contribution in [0.15, 0.2) is 24.3 Å². The van der Waals surface area contributed by atoms with Crippen LogP contribution in [-0.4, -0.2) is 31.3 Å². The van der Waals surface area contributed by atoms with Gasteiger partial charge < -0.3 is 14.8 Å². The van der Waals surface area contributed by atoms with Gasteiger partial charge in [0, 0.05) is 13.2 Å². The summed E-state index contributed by atoms with van der Waals surface area (Å²) in [5, 5.41) is 2.92. The number of carbonyl (C=O) groups excluding carboxylic acids is 1. The number of rotatable bonds is 6. The molecule has 20 heavy (non-hydrogen) atoms. The van der Waals surface area contributed by atoms with E-state index in [1.54, 1.807) is 0 Å². The third-order valence-corrected chi connectivity index (χ3v) is 3.46. The van der Waals surface area contributed by atoms with Gasteiger partial charge >= 0.3 is 0 Å². The molecule has 1 aromatic rings. The van der Waals surface area contributed by atoms with Crippen molar-refractivity contribution in [2.75, 3.05) is 13.2 Å². The van der Waals surface area contributed by atoms with Gasteiger partial charge in [-0.3, -0.25) is 4.79 Å². The minimum atomic E-state index is -0.446. The Balaban J connectivity index is 1.85. The SMILES string of the molecule is CC[C@H](Oc1cccc(C)c1)C(=O)NC[C@H]1CCCO1. The maximum Gasteiger partial charge on any atom is 0.261 e. The summed E-state index contributed by atoms with van der Waals surface area (Å²) < 4.78 is 11.3. The van der Waals surface area contributed by atoms with Gasteiger partial charge in [0.05, 0.1) is 6.10 Å². The average molecular weight is 277 g/mol. The lowest BCUT2D eigenvalue weighted by molar-refractivity contribution is -0.128. The minimum absolute atomic E-state index is 0.0653. The molecule has 1 aliphatic heterocycles. The Bertz CT molecular complexity index is 441. The lowest BCUT2D eigenvalue weighted by Gasteiger charge is -2.18. The zero-order valence-electron chi connectivity index (χ0n) is 12.2. The van der Waals surface area contributed by atoms with Gasteiger partial charge in [-0.2, -0.15) is 0 Å². The van der Waals surface area contributed by atoms with E-state index in [1.807, 2.05) is 38.1 Å². The predicted molar refractivity (Wildman–Crippen MR) is 77.9 cm³/mol. The molecule has 0 radical (unpaired) electrons. The summed E-state index contributed by atoms with van der Waals surface area (Å²) in [6.45, 7) is 5.33. The Kier molecular flexibility index (Phi) is 5.41. The van der Waals surface area contributed by atoms with Crippen LogP contribution < -0.4 is 10.1 Å². The smallest absolute Gasteiger partial charge is 0.261 e. The first-order valence-electron chi connectivity index (χ1n) is 7.31. The Hall–Kier alpha value is -1.55. The summed E-state index contributed by atoms with van der Waals surface area (Å²) in [7, 11) is 0. The summed E-state index contributed by atoms with van der Waals surface area (Å²) >= 11 is 0. The highest BCUT2D eigenvalue weighted by Crippen LogP contribution is 2.16. The topological polar surface area (TPSA) is 47.6 Å². The van der Waals surface area contributed by atoms with Gasteiger partial charge in [-0.25, -0.2) is 0 Å². The minimum Gasteiger partial charge on any atom is -0.481 e. The zero-order chi connectivity index (χ0) is 14.4. The highest BCUT2D eigenvalue weighted by molar-refractivity contribution is 5.81. The number of hydrogen-bond acceptors (Lipinski definition) is 3. The van der Waals surface area contributed by atoms with Crippen LogP contribution in [0.3, 0.4) is 0 Å². The molecule has 0 spiro atoms. The molecule has 1 aromatic carbocycles. The lowest BCUT2D eigenvalue weighted by atomic mass is 10.2. The first-order valence-corrected chi connectivity index (χ1v) is 7.31. The van der Waals surface area contributed by atoms with Gasteiger partial charge in [0.25, 0.3) is 5.91 Å². The maximum absolute atomic E-state index is 12.1. The molecule has 4 nitrogen and oxygen atoms in total. The van der Waals surface area contributed by atoms with Crippen molar-refractivity contribution in [2.24, 2.45) is 0 Å². The Labute approximate surface area is 120 Å². The molecular weight excluding hydrogens is 254 g/mol. The van der Waals surface area contributed by atoms with Crippen LogP contribution in [0.25, 0.3) is 0 Å². The van der Waals surface area contributed by atoms with E-state index in [0.29, 0.717) is 13.0 Å². The first-order chi connectivity index (χ1) is 9.69. The number of amides is 1. The third kappa shape index (κ3) is 4.23. The van der Waals surface area contributed by atoms with E-state index in [2.05, 4.69) is 5.32 Å². The van der Waals surface area contributed by atoms with Gasteiger partial charge in [-0.05, 0) is 43.9 Å². The van der Waals surface area contributed by atoms with E-state index in [4.69, 9.17) is 9.47 Å². The van der Waals surface area contributed by atoms with E-state index >= 15 is 0 Å². The summed E-state index contributed by atoms with van der Waals surface area (Å²) in [6.07, 6.45) is 2.46. The molecule has 1 aliphatic rings. The molecule has 1 fully saturated rings. The van der Waals surface area contributed by atoms with E-state index in [-0.39, 0.29) is 12.0 Å². The molecule has 1 heterocycles. The fraction of sp³-hybridized carbons (Fsp3) is 0.562. The maximum atomic E-state index is 12.1. The quantitative estimate of drug-likeness (QED) is 0.869. The first kappa shape index (κ1) is 14.9. The number of aryl methyl sites for hydroxylation is 1. The van der Waals surface area contributed by atoms with Crippen molar-refractivity contribution < 1.29 is 14.3 Å². The van der Waals surface area contributed by atoms with Crippen LogP contribution in [0.4, 0.5) is 0 Å². The Morgan fingerprint density at radius 1 is 1.55 bits per heavy atom. The summed E-state index contributed by atoms with van der Waals surface area (Å²) in [4.78, 5) is 12.1. The Morgan fingerprint density at radius 2 is 2.40 bits per heavy atom. The summed E-state index contributed by atoms with van der Waals surface area (Å²) in [5.41, 5.74) is 1.12. The predicted octanol–water partition coefficient (Wildman–Crippen LogP) is 2.45. The van der Waals surface area contributed by atoms with E-state index in [9.17, 15) is 4.79 Å². The van der Waals surface area contributed by atoms with Crippen molar-refractivity contribution in [2.45, 2.75) is 45.3 Å². The fourth-order valence-corrected chi connectivity index (χ4v) is 2.31. The van der Waals surface area contributed by atoms with Crippen molar-refractivity contribution >= 4 is 5.91 Å². The standard InChI is InChI=1S/C16H23NO3/c1-3-15(20-13-7-4-6-12(2)10-13)16(18)17-11-14-8-5-9-19-14/h4,6-7,10,14-15H,3,5,8-9,11H2,1-2H3,(H,17,18)/t14-,15+/m1/s1. The van der Waals surface area contributed by atoms with Crippen LogP contribution in [0.2, 0.25) is 0 Å². The van der Waals surface area contributed by atoms with Crippen LogP contribution in [0.5, 0.6) is 5.75 Å².